The molecule has 0 rings (SSSR count). The summed E-state index contributed by atoms with van der Waals surface area (Å²) in [7, 11) is 0. The number of unbranched alkanes of at least 4 members (excludes halogenated alkanes) is 9. The lowest BCUT2D eigenvalue weighted by molar-refractivity contribution is -0.138. The maximum Gasteiger partial charge on any atom is 0.342 e. The third-order valence-electron chi connectivity index (χ3n) is 3.19. The van der Waals surface area contributed by atoms with Gasteiger partial charge < -0.3 is 8.92 Å². The van der Waals surface area contributed by atoms with Crippen molar-refractivity contribution in [2.45, 2.75) is 71.1 Å². The van der Waals surface area contributed by atoms with Crippen LogP contribution in [0.1, 0.15) is 71.1 Å². The first-order valence-corrected chi connectivity index (χ1v) is 8.27. The van der Waals surface area contributed by atoms with Crippen LogP contribution in [0, 0.1) is 0 Å². The van der Waals surface area contributed by atoms with Gasteiger partial charge in [-0.05, 0) is 6.42 Å². The molecule has 0 unspecified atom stereocenters. The van der Waals surface area contributed by atoms with Gasteiger partial charge in [0, 0.05) is 25.1 Å². The summed E-state index contributed by atoms with van der Waals surface area (Å²) in [6, 6.07) is 0. The van der Waals surface area contributed by atoms with Crippen LogP contribution in [0.5, 0.6) is 0 Å². The fraction of sp³-hybridized carbons (Fsp3) is 0.750. The fourth-order valence-corrected chi connectivity index (χ4v) is 2.04. The van der Waals surface area contributed by atoms with E-state index in [1.54, 1.807) is 0 Å². The molecule has 0 radical (unpaired) electrons. The Morgan fingerprint density at radius 3 is 1.81 bits per heavy atom. The Morgan fingerprint density at radius 2 is 1.29 bits per heavy atom. The Bertz CT molecular complexity index is 303. The smallest absolute Gasteiger partial charge is 0.342 e. The van der Waals surface area contributed by atoms with Gasteiger partial charge in [-0.3, -0.25) is 0 Å². The first kappa shape index (κ1) is 20.0. The molecule has 0 atom stereocenters. The van der Waals surface area contributed by atoms with E-state index in [2.05, 4.69) is 24.0 Å². The molecule has 21 heavy (non-hydrogen) atoms. The molecule has 4 nitrogen and oxygen atoms in total. The van der Waals surface area contributed by atoms with E-state index in [0.29, 0.717) is 6.61 Å². The van der Waals surface area contributed by atoms with Gasteiger partial charge in [0.1, 0.15) is 0 Å². The summed E-state index contributed by atoms with van der Waals surface area (Å²) >= 11 is 3.31. The third-order valence-corrected chi connectivity index (χ3v) is 3.37. The molecule has 0 aliphatic heterocycles. The lowest BCUT2D eigenvalue weighted by atomic mass is 10.1. The number of hydrogen-bond donors (Lipinski definition) is 1. The Hall–Kier alpha value is -0.970. The average Bonchev–Trinajstić information content (AvgIpc) is 2.50. The van der Waals surface area contributed by atoms with Crippen molar-refractivity contribution in [2.24, 2.45) is 0 Å². The molecule has 0 heterocycles. The predicted molar refractivity (Wildman–Crippen MR) is 87.0 cm³/mol. The monoisotopic (exact) mass is 316 g/mol. The quantitative estimate of drug-likeness (QED) is 0.180. The molecule has 0 aromatic heterocycles. The minimum atomic E-state index is -0.686. The number of thiol groups is 1. The SMILES string of the molecule is CCCCCCCCCCCCOC(=O)/C=C\C(=O)OS. The van der Waals surface area contributed by atoms with E-state index in [0.717, 1.165) is 25.0 Å². The summed E-state index contributed by atoms with van der Waals surface area (Å²) < 4.78 is 9.02. The second-order valence-electron chi connectivity index (χ2n) is 5.09. The summed E-state index contributed by atoms with van der Waals surface area (Å²) in [5.74, 6) is -1.21. The highest BCUT2D eigenvalue weighted by atomic mass is 32.1. The Labute approximate surface area is 133 Å². The molecule has 122 valence electrons. The topological polar surface area (TPSA) is 52.6 Å². The number of carbonyl (C=O) groups is 2. The van der Waals surface area contributed by atoms with Gasteiger partial charge in [0.15, 0.2) is 0 Å². The lowest BCUT2D eigenvalue weighted by Crippen LogP contribution is -2.03. The van der Waals surface area contributed by atoms with Crippen molar-refractivity contribution in [1.82, 2.24) is 0 Å². The van der Waals surface area contributed by atoms with Gasteiger partial charge in [-0.1, -0.05) is 64.7 Å². The first-order valence-electron chi connectivity index (χ1n) is 7.91. The van der Waals surface area contributed by atoms with E-state index in [9.17, 15) is 9.59 Å². The van der Waals surface area contributed by atoms with Crippen LogP contribution in [-0.2, 0) is 18.5 Å². The van der Waals surface area contributed by atoms with Crippen LogP contribution < -0.4 is 0 Å². The van der Waals surface area contributed by atoms with Crippen molar-refractivity contribution in [3.63, 3.8) is 0 Å². The Balaban J connectivity index is 3.27. The molecular formula is C16H28O4S. The second kappa shape index (κ2) is 15.4. The molecule has 0 amide bonds. The van der Waals surface area contributed by atoms with Gasteiger partial charge in [0.25, 0.3) is 0 Å². The number of ether oxygens (including phenoxy) is 1. The highest BCUT2D eigenvalue weighted by molar-refractivity contribution is 7.75. The molecule has 0 N–H and O–H groups in total. The molecule has 0 saturated carbocycles. The van der Waals surface area contributed by atoms with Crippen LogP contribution >= 0.6 is 12.9 Å². The van der Waals surface area contributed by atoms with Crippen LogP contribution in [0.15, 0.2) is 12.2 Å². The summed E-state index contributed by atoms with van der Waals surface area (Å²) in [6.45, 7) is 2.63. The van der Waals surface area contributed by atoms with Crippen molar-refractivity contribution in [3.8, 4) is 0 Å². The van der Waals surface area contributed by atoms with Gasteiger partial charge in [0.2, 0.25) is 0 Å². The van der Waals surface area contributed by atoms with E-state index < -0.39 is 11.9 Å². The lowest BCUT2D eigenvalue weighted by Gasteiger charge is -2.03. The van der Waals surface area contributed by atoms with E-state index >= 15 is 0 Å². The van der Waals surface area contributed by atoms with Crippen molar-refractivity contribution in [3.05, 3.63) is 12.2 Å². The van der Waals surface area contributed by atoms with Crippen LogP contribution in [0.3, 0.4) is 0 Å². The predicted octanol–water partition coefficient (Wildman–Crippen LogP) is 4.39. The Kier molecular flexibility index (Phi) is 14.7. The summed E-state index contributed by atoms with van der Waals surface area (Å²) in [6.07, 6.45) is 14.4. The van der Waals surface area contributed by atoms with Gasteiger partial charge >= 0.3 is 11.9 Å². The van der Waals surface area contributed by atoms with Gasteiger partial charge in [-0.15, -0.1) is 0 Å². The number of rotatable bonds is 13. The molecule has 5 heteroatoms. The van der Waals surface area contributed by atoms with Crippen molar-refractivity contribution < 1.29 is 18.5 Å². The molecule has 0 fully saturated rings. The minimum absolute atomic E-state index is 0.398. The van der Waals surface area contributed by atoms with Crippen LogP contribution in [0.25, 0.3) is 0 Å². The van der Waals surface area contributed by atoms with E-state index in [1.807, 2.05) is 0 Å². The maximum absolute atomic E-state index is 11.2. The fourth-order valence-electron chi connectivity index (χ4n) is 1.98. The third kappa shape index (κ3) is 15.2. The molecule has 0 aromatic rings. The van der Waals surface area contributed by atoms with Gasteiger partial charge in [0.05, 0.1) is 6.61 Å². The summed E-state index contributed by atoms with van der Waals surface area (Å²) in [5.41, 5.74) is 0. The van der Waals surface area contributed by atoms with Crippen LogP contribution in [0.2, 0.25) is 0 Å². The summed E-state index contributed by atoms with van der Waals surface area (Å²) in [4.78, 5) is 21.9. The molecular weight excluding hydrogens is 288 g/mol. The van der Waals surface area contributed by atoms with Crippen molar-refractivity contribution >= 4 is 24.8 Å². The minimum Gasteiger partial charge on any atom is -0.463 e. The number of esters is 1. The zero-order valence-electron chi connectivity index (χ0n) is 13.0. The molecule has 0 aliphatic carbocycles. The summed E-state index contributed by atoms with van der Waals surface area (Å²) in [5, 5.41) is 0. The van der Waals surface area contributed by atoms with E-state index in [-0.39, 0.29) is 0 Å². The van der Waals surface area contributed by atoms with E-state index in [4.69, 9.17) is 4.74 Å². The molecule has 0 spiro atoms. The van der Waals surface area contributed by atoms with Crippen LogP contribution in [-0.4, -0.2) is 18.5 Å². The maximum atomic E-state index is 11.2. The highest BCUT2D eigenvalue weighted by Crippen LogP contribution is 2.10. The Morgan fingerprint density at radius 1 is 0.810 bits per heavy atom. The van der Waals surface area contributed by atoms with Gasteiger partial charge in [-0.25, -0.2) is 9.59 Å². The molecule has 0 saturated heterocycles. The standard InChI is InChI=1S/C16H28O4S/c1-2-3-4-5-6-7-8-9-10-11-14-19-15(17)12-13-16(18)20-21/h12-13,21H,2-11,14H2,1H3/b13-12-. The molecule has 0 aromatic carbocycles. The number of carbonyl (C=O) groups excluding carboxylic acids is 2. The molecule has 0 aliphatic rings. The first-order chi connectivity index (χ1) is 10.2. The molecule has 0 bridgehead atoms. The largest absolute Gasteiger partial charge is 0.463 e. The van der Waals surface area contributed by atoms with E-state index in [1.165, 1.54) is 51.4 Å². The normalized spacial score (nSPS) is 10.8. The van der Waals surface area contributed by atoms with Gasteiger partial charge in [-0.2, -0.15) is 0 Å². The average molecular weight is 316 g/mol. The van der Waals surface area contributed by atoms with Crippen molar-refractivity contribution in [1.29, 1.82) is 0 Å². The van der Waals surface area contributed by atoms with Crippen molar-refractivity contribution in [2.75, 3.05) is 6.61 Å². The zero-order chi connectivity index (χ0) is 15.8. The highest BCUT2D eigenvalue weighted by Gasteiger charge is 1.99. The second-order valence-corrected chi connectivity index (χ2v) is 5.28. The zero-order valence-corrected chi connectivity index (χ0v) is 13.9. The van der Waals surface area contributed by atoms with Crippen LogP contribution in [0.4, 0.5) is 0 Å². The number of hydrogen-bond acceptors (Lipinski definition) is 5.